The number of ether oxygens (including phenoxy) is 6. The molecule has 36 nitrogen and oxygen atoms in total. The van der Waals surface area contributed by atoms with Gasteiger partial charge in [0.15, 0.2) is 49.9 Å². The molecule has 0 aliphatic rings. The van der Waals surface area contributed by atoms with Gasteiger partial charge < -0.3 is 123 Å². The van der Waals surface area contributed by atoms with Crippen LogP contribution < -0.4 is 10.6 Å². The predicted octanol–water partition coefficient (Wildman–Crippen LogP) is 11.5. The fourth-order valence-electron chi connectivity index (χ4n) is 8.30. The maximum Gasteiger partial charge on any atom is 0.329 e. The molecule has 0 aliphatic heterocycles. The first-order valence-electron chi connectivity index (χ1n) is 47.3. The van der Waals surface area contributed by atoms with Gasteiger partial charge in [0.2, 0.25) is 0 Å². The lowest BCUT2D eigenvalue weighted by Crippen LogP contribution is -2.45. The second kappa shape index (κ2) is 84.1. The summed E-state index contributed by atoms with van der Waals surface area (Å²) >= 11 is 0. The molecule has 818 valence electrons. The van der Waals surface area contributed by atoms with Gasteiger partial charge in [0.05, 0.1) is 121 Å². The van der Waals surface area contributed by atoms with E-state index in [1.807, 2.05) is 30.9 Å². The molecular weight excluding hydrogens is 1860 g/mol. The Morgan fingerprint density at radius 2 is 0.478 bits per heavy atom. The van der Waals surface area contributed by atoms with Gasteiger partial charge in [-0.15, -0.1) is 0 Å². The van der Waals surface area contributed by atoms with Crippen molar-refractivity contribution in [3.8, 4) is 0 Å². The molecule has 0 unspecified atom stereocenters. The predicted molar refractivity (Wildman–Crippen MR) is 567 cm³/mol. The summed E-state index contributed by atoms with van der Waals surface area (Å²) in [5.41, 5.74) is 0. The third-order valence-corrected chi connectivity index (χ3v) is 51.3. The van der Waals surface area contributed by atoms with Crippen molar-refractivity contribution in [2.24, 2.45) is 0 Å². The van der Waals surface area contributed by atoms with Crippen LogP contribution in [-0.2, 0) is 93.3 Å². The summed E-state index contributed by atoms with van der Waals surface area (Å²) in [5, 5.41) is 74.5. The highest BCUT2D eigenvalue weighted by molar-refractivity contribution is 6.76. The maximum absolute atomic E-state index is 11.5. The van der Waals surface area contributed by atoms with Crippen LogP contribution in [0.1, 0.15) is 165 Å². The normalized spacial score (nSPS) is 12.0. The molecule has 0 aromatic carbocycles. The van der Waals surface area contributed by atoms with E-state index in [4.69, 9.17) is 72.1 Å². The Kier molecular flexibility index (Phi) is 94.0. The van der Waals surface area contributed by atoms with E-state index < -0.39 is 73.8 Å². The number of methoxy groups -OCH3 is 6. The summed E-state index contributed by atoms with van der Waals surface area (Å²) in [5.74, 6) is -3.11. The van der Waals surface area contributed by atoms with Crippen LogP contribution in [0.3, 0.4) is 0 Å². The average molecular weight is 2070 g/mol. The number of hydrogen-bond acceptors (Lipinski definition) is 34. The van der Waals surface area contributed by atoms with Crippen LogP contribution in [-0.4, -0.2) is 436 Å². The Balaban J connectivity index is -0.000000149. The minimum absolute atomic E-state index is 0. The third-order valence-electron chi connectivity index (χ3n) is 24.1. The second-order valence-corrected chi connectivity index (χ2v) is 70.2. The first kappa shape index (κ1) is 152. The van der Waals surface area contributed by atoms with Crippen LogP contribution in [0.2, 0.25) is 109 Å². The average Bonchev–Trinajstić information content (AvgIpc) is 0.860. The molecule has 0 fully saturated rings. The number of esters is 6. The number of carboxylic acid groups (broad SMARTS) is 2. The van der Waals surface area contributed by atoms with E-state index in [0.29, 0.717) is 131 Å². The number of likely N-dealkylation sites (N-methyl/N-ethyl adjacent to an activating group) is 4. The van der Waals surface area contributed by atoms with E-state index in [1.54, 1.807) is 11.9 Å². The zero-order valence-electron chi connectivity index (χ0n) is 94.5. The number of hydrogen-bond donors (Lipinski definition) is 10. The van der Waals surface area contributed by atoms with Crippen molar-refractivity contribution in [3.05, 3.63) is 25.3 Å². The fraction of sp³-hybridized carbons (Fsp3) is 0.872. The molecule has 0 atom stereocenters. The molecule has 0 amide bonds. The minimum Gasteiger partial charge on any atom is -1.00 e. The number of nitrogens with zero attached hydrogens (tertiary/aromatic N) is 6. The van der Waals surface area contributed by atoms with E-state index in [0.717, 1.165) is 58.0 Å². The van der Waals surface area contributed by atoms with Crippen LogP contribution in [0, 0.1) is 0 Å². The molecule has 0 radical (unpaired) electrons. The summed E-state index contributed by atoms with van der Waals surface area (Å²) in [6.45, 7) is 90.1. The number of aliphatic hydroxyl groups excluding tert-OH is 6. The minimum atomic E-state index is -1.77. The molecule has 0 heterocycles. The van der Waals surface area contributed by atoms with E-state index >= 15 is 0 Å². The van der Waals surface area contributed by atoms with Crippen molar-refractivity contribution < 1.29 is 136 Å². The lowest BCUT2D eigenvalue weighted by atomic mass is 10.2. The largest absolute Gasteiger partial charge is 1.00 e. The van der Waals surface area contributed by atoms with Crippen molar-refractivity contribution in [1.82, 2.24) is 40.0 Å². The van der Waals surface area contributed by atoms with Crippen LogP contribution in [0.5, 0.6) is 0 Å². The molecule has 0 rings (SSSR count). The summed E-state index contributed by atoms with van der Waals surface area (Å²) < 4.78 is 63.8. The van der Waals surface area contributed by atoms with Gasteiger partial charge in [-0.3, -0.25) is 43.5 Å². The van der Waals surface area contributed by atoms with Gasteiger partial charge in [0.25, 0.3) is 0 Å². The second-order valence-electron chi connectivity index (χ2n) is 41.3. The molecule has 10 N–H and O–H groups in total. The summed E-state index contributed by atoms with van der Waals surface area (Å²) in [6, 6.07) is 0. The monoisotopic (exact) mass is 2070 g/mol. The first-order valence-corrected chi connectivity index (χ1v) is 64.7. The van der Waals surface area contributed by atoms with Crippen molar-refractivity contribution in [2.75, 3.05) is 268 Å². The Labute approximate surface area is 834 Å². The van der Waals surface area contributed by atoms with Gasteiger partial charge >= 0.3 is 47.8 Å². The number of nitrogens with one attached hydrogen (secondary N) is 2. The standard InChI is InChI=1S/C20H45NO4Si2.C19H43NO4Si2.C13H29NO3Si.C12H27NO3Si.C8H17NO4.C7H15NO3.C4H11NO2.2C4H6O2.C3H9NO.H/c1-19(2,3)26(8,9)24-16-14-21(13-12-18(22)23-7)15-17-25-27(10,11)20(4,5)6;1-18(2,3)25(7,8)23-15-13-20(12-11-17(21)22)14-16-24-26(9,10)19(4,5)6;1-13(2,3)18(6,7)17-11-10-14(4)9-8-12(15)16-5;1-12(2,3)17(5,6)16-10-9-13(4)8-7-11(14)15;1-13-8(12)2-3-9(4-6-10)5-7-11;1-8(5-6-9)4-3-7(10)11-2;6-3-1-5-2-4-7;2*1-3-4(5)6-2;1-4-2-3-5;/h12-17H2,1-11H3;11-16H2,1-10H3,(H,21,22);8-11H2,1-7H3;7-10H2,1-6H3,(H,14,15);10-11H,2-7H2,1H3;9H,3-6H2,1-2H3;5-7H,1-4H2;2*3H,1H2,2H3;4-5H,2-3H2,1H3;/q;;;;;;;;;;-1. The Hall–Kier alpha value is -4.26. The molecule has 0 saturated carbocycles. The number of carboxylic acids is 2. The van der Waals surface area contributed by atoms with Gasteiger partial charge in [-0.2, -0.15) is 0 Å². The highest BCUT2D eigenvalue weighted by Crippen LogP contribution is 2.41. The molecule has 0 aliphatic carbocycles. The number of carbonyl (C=O) groups excluding carboxylic acids is 6. The molecule has 0 aromatic rings. The van der Waals surface area contributed by atoms with Gasteiger partial charge in [-0.1, -0.05) is 138 Å². The Morgan fingerprint density at radius 1 is 0.287 bits per heavy atom. The van der Waals surface area contributed by atoms with Gasteiger partial charge in [0, 0.05) is 170 Å². The summed E-state index contributed by atoms with van der Waals surface area (Å²) in [4.78, 5) is 97.2. The topological polar surface area (TPSA) is 453 Å². The quantitative estimate of drug-likeness (QED) is 0.00889. The highest BCUT2D eigenvalue weighted by Gasteiger charge is 2.42. The zero-order valence-corrected chi connectivity index (χ0v) is 99.5. The van der Waals surface area contributed by atoms with Crippen LogP contribution >= 0.6 is 0 Å². The lowest BCUT2D eigenvalue weighted by Gasteiger charge is -2.38. The Bertz CT molecular complexity index is 2920. The number of aliphatic carboxylic acids is 2. The molecule has 136 heavy (non-hydrogen) atoms. The fourth-order valence-corrected chi connectivity index (χ4v) is 14.5. The van der Waals surface area contributed by atoms with Crippen molar-refractivity contribution >= 4 is 97.7 Å². The summed E-state index contributed by atoms with van der Waals surface area (Å²) in [6.07, 6.45) is 4.07. The SMILES string of the molecule is C=CC(=O)OC.C=CC(=O)OC.CC(C)(C)[Si](C)(C)OCCN(CCO[Si](C)(C)C(C)(C)C)CCC(=O)O.CN(CCO[Si](C)(C)C(C)(C)C)CCC(=O)O.CNCCO.COC(=O)CCN(C)CCO.COC(=O)CCN(C)CCO[Si](C)(C)C(C)(C)C.COC(=O)CCN(CCO)CCO.COC(=O)CCN(CCO[Si](C)(C)C(C)(C)C)CCO[Si](C)(C)C(C)(C)C.OCCNCCO.[H-]. The Morgan fingerprint density at radius 3 is 0.647 bits per heavy atom. The summed E-state index contributed by atoms with van der Waals surface area (Å²) in [7, 11) is 5.41. The van der Waals surface area contributed by atoms with Crippen molar-refractivity contribution in [1.29, 1.82) is 0 Å². The van der Waals surface area contributed by atoms with Crippen LogP contribution in [0.4, 0.5) is 0 Å². The number of carbonyl (C=O) groups is 8. The lowest BCUT2D eigenvalue weighted by molar-refractivity contribution is -0.141. The van der Waals surface area contributed by atoms with E-state index in [-0.39, 0.29) is 114 Å². The number of aliphatic hydroxyl groups is 6. The smallest absolute Gasteiger partial charge is 0.329 e. The van der Waals surface area contributed by atoms with E-state index in [9.17, 15) is 38.4 Å². The molecule has 0 saturated heterocycles. The zero-order chi connectivity index (χ0) is 109. The van der Waals surface area contributed by atoms with Gasteiger partial charge in [-0.25, -0.2) is 9.59 Å². The molecule has 42 heteroatoms. The molecule has 0 spiro atoms. The van der Waals surface area contributed by atoms with E-state index in [2.05, 4.69) is 265 Å². The first-order chi connectivity index (χ1) is 62.1. The van der Waals surface area contributed by atoms with Crippen LogP contribution in [0.25, 0.3) is 0 Å². The highest BCUT2D eigenvalue weighted by atomic mass is 28.4. The molecule has 0 aromatic heterocycles. The van der Waals surface area contributed by atoms with Crippen molar-refractivity contribution in [2.45, 2.75) is 272 Å². The van der Waals surface area contributed by atoms with Crippen molar-refractivity contribution in [3.63, 3.8) is 0 Å². The molecule has 0 bridgehead atoms. The van der Waals surface area contributed by atoms with Gasteiger partial charge in [0.1, 0.15) is 0 Å². The van der Waals surface area contributed by atoms with Crippen LogP contribution in [0.15, 0.2) is 25.3 Å². The maximum atomic E-state index is 11.5. The number of rotatable bonds is 56. The molecular formula is C94H209N8O28Si6-. The van der Waals surface area contributed by atoms with E-state index in [1.165, 1.54) is 42.7 Å². The van der Waals surface area contributed by atoms with Gasteiger partial charge in [-0.05, 0) is 137 Å². The third kappa shape index (κ3) is 92.2.